The molecule has 1 unspecified atom stereocenters. The van der Waals surface area contributed by atoms with Crippen LogP contribution in [0.15, 0.2) is 30.5 Å². The number of hydrogen-bond acceptors (Lipinski definition) is 2. The van der Waals surface area contributed by atoms with Gasteiger partial charge in [0.15, 0.2) is 0 Å². The molecule has 1 aromatic carbocycles. The average Bonchev–Trinajstić information content (AvgIpc) is 2.84. The molecule has 5 heteroatoms. The van der Waals surface area contributed by atoms with Crippen LogP contribution in [-0.4, -0.2) is 20.6 Å². The molecule has 3 rings (SSSR count). The van der Waals surface area contributed by atoms with Crippen LogP contribution < -0.4 is 0 Å². The van der Waals surface area contributed by atoms with Crippen LogP contribution in [0.2, 0.25) is 5.02 Å². The molecule has 0 saturated carbocycles. The van der Waals surface area contributed by atoms with Crippen LogP contribution in [0.3, 0.4) is 0 Å². The molecule has 0 bridgehead atoms. The molecule has 0 spiro atoms. The highest BCUT2D eigenvalue weighted by molar-refractivity contribution is 6.31. The molecule has 2 heterocycles. The van der Waals surface area contributed by atoms with Crippen LogP contribution in [0.25, 0.3) is 0 Å². The Bertz CT molecular complexity index is 651. The van der Waals surface area contributed by atoms with Crippen molar-refractivity contribution in [3.63, 3.8) is 0 Å². The third-order valence-corrected chi connectivity index (χ3v) is 4.20. The molecule has 1 aliphatic heterocycles. The number of benzene rings is 1. The number of aliphatic carboxylic acids is 1. The fraction of sp³-hybridized carbons (Fsp3) is 0.333. The van der Waals surface area contributed by atoms with E-state index in [1.807, 2.05) is 24.3 Å². The van der Waals surface area contributed by atoms with Crippen LogP contribution in [0.5, 0.6) is 0 Å². The summed E-state index contributed by atoms with van der Waals surface area (Å²) in [7, 11) is 0. The first-order valence-electron chi connectivity index (χ1n) is 6.64. The van der Waals surface area contributed by atoms with Crippen molar-refractivity contribution in [3.8, 4) is 0 Å². The molecule has 0 radical (unpaired) electrons. The van der Waals surface area contributed by atoms with E-state index < -0.39 is 5.97 Å². The summed E-state index contributed by atoms with van der Waals surface area (Å²) in [6, 6.07) is 7.73. The Morgan fingerprint density at radius 1 is 1.45 bits per heavy atom. The Hall–Kier alpha value is -1.81. The van der Waals surface area contributed by atoms with E-state index in [-0.39, 0.29) is 5.92 Å². The van der Waals surface area contributed by atoms with Crippen LogP contribution in [0, 0.1) is 5.92 Å². The van der Waals surface area contributed by atoms with Crippen LogP contribution >= 0.6 is 11.6 Å². The van der Waals surface area contributed by atoms with Crippen molar-refractivity contribution < 1.29 is 9.90 Å². The van der Waals surface area contributed by atoms with E-state index in [2.05, 4.69) is 9.55 Å². The molecule has 0 saturated heterocycles. The monoisotopic (exact) mass is 290 g/mol. The summed E-state index contributed by atoms with van der Waals surface area (Å²) in [4.78, 5) is 15.5. The number of nitrogens with zero attached hydrogens (tertiary/aromatic N) is 2. The van der Waals surface area contributed by atoms with E-state index in [4.69, 9.17) is 16.7 Å². The molecule has 104 valence electrons. The minimum Gasteiger partial charge on any atom is -0.481 e. The fourth-order valence-electron chi connectivity index (χ4n) is 2.69. The largest absolute Gasteiger partial charge is 0.481 e. The maximum atomic E-state index is 11.1. The highest BCUT2D eigenvalue weighted by Gasteiger charge is 2.26. The minimum absolute atomic E-state index is 0.285. The van der Waals surface area contributed by atoms with Crippen molar-refractivity contribution in [2.45, 2.75) is 25.8 Å². The first kappa shape index (κ1) is 13.2. The van der Waals surface area contributed by atoms with Gasteiger partial charge in [-0.3, -0.25) is 4.79 Å². The lowest BCUT2D eigenvalue weighted by molar-refractivity contribution is -0.142. The summed E-state index contributed by atoms with van der Waals surface area (Å²) in [5.41, 5.74) is 2.05. The van der Waals surface area contributed by atoms with Crippen LogP contribution in [0.4, 0.5) is 0 Å². The second-order valence-electron chi connectivity index (χ2n) is 5.11. The topological polar surface area (TPSA) is 55.1 Å². The lowest BCUT2D eigenvalue weighted by Crippen LogP contribution is -2.26. The first-order chi connectivity index (χ1) is 9.65. The number of fused-ring (bicyclic) bond motifs is 1. The molecule has 0 fully saturated rings. The van der Waals surface area contributed by atoms with Gasteiger partial charge in [0.05, 0.1) is 5.92 Å². The lowest BCUT2D eigenvalue weighted by Gasteiger charge is -2.22. The minimum atomic E-state index is -0.717. The van der Waals surface area contributed by atoms with Gasteiger partial charge in [-0.05, 0) is 18.1 Å². The van der Waals surface area contributed by atoms with E-state index in [1.54, 1.807) is 6.20 Å². The van der Waals surface area contributed by atoms with Crippen LogP contribution in [0.1, 0.15) is 23.5 Å². The average molecular weight is 291 g/mol. The molecule has 0 amide bonds. The van der Waals surface area contributed by atoms with Gasteiger partial charge in [0.25, 0.3) is 0 Å². The standard InChI is InChI=1S/C15H15ClN2O2/c16-13-4-2-1-3-10(13)8-14-17-9-12-7-11(15(19)20)5-6-18(12)14/h1-4,9,11H,5-8H2,(H,19,20). The van der Waals surface area contributed by atoms with Crippen LogP contribution in [-0.2, 0) is 24.2 Å². The highest BCUT2D eigenvalue weighted by atomic mass is 35.5. The number of hydrogen-bond donors (Lipinski definition) is 1. The lowest BCUT2D eigenvalue weighted by atomic mass is 9.96. The Labute approximate surface area is 122 Å². The maximum absolute atomic E-state index is 11.1. The Morgan fingerprint density at radius 2 is 2.25 bits per heavy atom. The van der Waals surface area contributed by atoms with E-state index >= 15 is 0 Å². The quantitative estimate of drug-likeness (QED) is 0.946. The number of carboxylic acids is 1. The normalized spacial score (nSPS) is 17.8. The molecular weight excluding hydrogens is 276 g/mol. The van der Waals surface area contributed by atoms with Crippen molar-refractivity contribution in [1.29, 1.82) is 0 Å². The SMILES string of the molecule is O=C(O)C1CCn2c(cnc2Cc2ccccc2Cl)C1. The van der Waals surface area contributed by atoms with Gasteiger partial charge in [0, 0.05) is 36.3 Å². The third-order valence-electron chi connectivity index (χ3n) is 3.83. The van der Waals surface area contributed by atoms with E-state index in [9.17, 15) is 4.79 Å². The molecule has 20 heavy (non-hydrogen) atoms. The summed E-state index contributed by atoms with van der Waals surface area (Å²) in [5.74, 6) is -0.0468. The van der Waals surface area contributed by atoms with Gasteiger partial charge in [0.1, 0.15) is 5.82 Å². The zero-order valence-electron chi connectivity index (χ0n) is 10.9. The number of imidazole rings is 1. The summed E-state index contributed by atoms with van der Waals surface area (Å²) >= 11 is 6.17. The van der Waals surface area contributed by atoms with Crippen molar-refractivity contribution >= 4 is 17.6 Å². The Morgan fingerprint density at radius 3 is 3.00 bits per heavy atom. The number of carboxylic acid groups (broad SMARTS) is 1. The Kier molecular flexibility index (Phi) is 3.49. The molecule has 4 nitrogen and oxygen atoms in total. The Balaban J connectivity index is 1.84. The molecule has 1 aliphatic rings. The number of carbonyl (C=O) groups is 1. The van der Waals surface area contributed by atoms with Gasteiger partial charge in [-0.15, -0.1) is 0 Å². The van der Waals surface area contributed by atoms with Crippen molar-refractivity contribution in [3.05, 3.63) is 52.6 Å². The number of halogens is 1. The zero-order chi connectivity index (χ0) is 14.1. The summed E-state index contributed by atoms with van der Waals surface area (Å²) < 4.78 is 2.13. The van der Waals surface area contributed by atoms with Crippen molar-refractivity contribution in [1.82, 2.24) is 9.55 Å². The fourth-order valence-corrected chi connectivity index (χ4v) is 2.90. The van der Waals surface area contributed by atoms with Gasteiger partial charge in [0.2, 0.25) is 0 Å². The summed E-state index contributed by atoms with van der Waals surface area (Å²) in [6.07, 6.45) is 3.69. The molecule has 2 aromatic rings. The molecule has 1 atom stereocenters. The van der Waals surface area contributed by atoms with E-state index in [1.165, 1.54) is 0 Å². The zero-order valence-corrected chi connectivity index (χ0v) is 11.7. The predicted octanol–water partition coefficient (Wildman–Crippen LogP) is 2.77. The second-order valence-corrected chi connectivity index (χ2v) is 5.52. The van der Waals surface area contributed by atoms with Gasteiger partial charge >= 0.3 is 5.97 Å². The highest BCUT2D eigenvalue weighted by Crippen LogP contribution is 2.25. The van der Waals surface area contributed by atoms with Crippen molar-refractivity contribution in [2.24, 2.45) is 5.92 Å². The van der Waals surface area contributed by atoms with Gasteiger partial charge in [-0.2, -0.15) is 0 Å². The predicted molar refractivity (Wildman–Crippen MR) is 75.9 cm³/mol. The maximum Gasteiger partial charge on any atom is 0.306 e. The number of aromatic nitrogens is 2. The smallest absolute Gasteiger partial charge is 0.306 e. The third kappa shape index (κ3) is 2.43. The molecule has 0 aliphatic carbocycles. The molecule has 1 N–H and O–H groups in total. The van der Waals surface area contributed by atoms with E-state index in [0.29, 0.717) is 25.8 Å². The second kappa shape index (κ2) is 5.29. The van der Waals surface area contributed by atoms with Crippen molar-refractivity contribution in [2.75, 3.05) is 0 Å². The molecular formula is C15H15ClN2O2. The summed E-state index contributed by atoms with van der Waals surface area (Å²) in [5, 5.41) is 9.83. The van der Waals surface area contributed by atoms with Gasteiger partial charge in [-0.1, -0.05) is 29.8 Å². The number of rotatable bonds is 3. The van der Waals surface area contributed by atoms with E-state index in [0.717, 1.165) is 22.1 Å². The van der Waals surface area contributed by atoms with Gasteiger partial charge in [-0.25, -0.2) is 4.98 Å². The first-order valence-corrected chi connectivity index (χ1v) is 7.02. The summed E-state index contributed by atoms with van der Waals surface area (Å²) in [6.45, 7) is 0.714. The molecule has 1 aromatic heterocycles. The van der Waals surface area contributed by atoms with Gasteiger partial charge < -0.3 is 9.67 Å².